The van der Waals surface area contributed by atoms with E-state index in [0.29, 0.717) is 18.4 Å². The summed E-state index contributed by atoms with van der Waals surface area (Å²) >= 11 is 0. The number of carbonyl (C=O) groups is 1. The minimum Gasteiger partial charge on any atom is -0.508 e. The van der Waals surface area contributed by atoms with Crippen molar-refractivity contribution in [1.29, 1.82) is 0 Å². The van der Waals surface area contributed by atoms with Crippen molar-refractivity contribution < 1.29 is 14.6 Å². The Labute approximate surface area is 148 Å². The first-order valence-electron chi connectivity index (χ1n) is 8.88. The molecule has 0 aliphatic heterocycles. The molecule has 128 valence electrons. The summed E-state index contributed by atoms with van der Waals surface area (Å²) in [5.74, 6) is 1.27. The Bertz CT molecular complexity index is 774. The van der Waals surface area contributed by atoms with E-state index < -0.39 is 0 Å². The largest absolute Gasteiger partial charge is 0.508 e. The number of phenolic OH excluding ortho intramolecular Hbond substituents is 1. The summed E-state index contributed by atoms with van der Waals surface area (Å²) < 4.78 is 5.54. The molecule has 0 radical (unpaired) electrons. The molecular weight excluding hydrogens is 312 g/mol. The highest BCUT2D eigenvalue weighted by Gasteiger charge is 2.40. The van der Waals surface area contributed by atoms with E-state index >= 15 is 0 Å². The van der Waals surface area contributed by atoms with E-state index in [0.717, 1.165) is 30.4 Å². The molecule has 0 aromatic heterocycles. The Morgan fingerprint density at radius 3 is 2.16 bits per heavy atom. The van der Waals surface area contributed by atoms with Crippen LogP contribution >= 0.6 is 0 Å². The van der Waals surface area contributed by atoms with Gasteiger partial charge in [0.2, 0.25) is 0 Å². The van der Waals surface area contributed by atoms with Gasteiger partial charge in [-0.1, -0.05) is 48.6 Å². The number of phenols is 1. The average molecular weight is 334 g/mol. The molecule has 2 bridgehead atoms. The summed E-state index contributed by atoms with van der Waals surface area (Å²) in [7, 11) is 0. The van der Waals surface area contributed by atoms with Gasteiger partial charge in [-0.3, -0.25) is 4.79 Å². The second kappa shape index (κ2) is 6.75. The molecule has 0 spiro atoms. The fourth-order valence-electron chi connectivity index (χ4n) is 3.92. The summed E-state index contributed by atoms with van der Waals surface area (Å²) in [4.78, 5) is 12.3. The third kappa shape index (κ3) is 3.60. The van der Waals surface area contributed by atoms with Crippen LogP contribution in [0.3, 0.4) is 0 Å². The van der Waals surface area contributed by atoms with Gasteiger partial charge in [-0.25, -0.2) is 0 Å². The average Bonchev–Trinajstić information content (AvgIpc) is 3.26. The lowest BCUT2D eigenvalue weighted by Gasteiger charge is -2.16. The maximum Gasteiger partial charge on any atom is 0.309 e. The SMILES string of the molecule is O=C(OCc1ccc(Cc2ccc(O)cc2)cc1)C1CC2C=CC1C2. The van der Waals surface area contributed by atoms with E-state index in [2.05, 4.69) is 24.3 Å². The van der Waals surface area contributed by atoms with E-state index in [1.165, 1.54) is 5.56 Å². The van der Waals surface area contributed by atoms with Crippen molar-refractivity contribution in [2.75, 3.05) is 0 Å². The summed E-state index contributed by atoms with van der Waals surface area (Å²) in [6.45, 7) is 0.343. The van der Waals surface area contributed by atoms with Crippen molar-refractivity contribution >= 4 is 5.97 Å². The number of benzene rings is 2. The first kappa shape index (κ1) is 15.9. The van der Waals surface area contributed by atoms with Crippen LogP contribution in [-0.2, 0) is 22.6 Å². The lowest BCUT2D eigenvalue weighted by Crippen LogP contribution is -2.21. The Morgan fingerprint density at radius 1 is 0.920 bits per heavy atom. The molecule has 3 heteroatoms. The molecule has 25 heavy (non-hydrogen) atoms. The molecule has 1 fully saturated rings. The van der Waals surface area contributed by atoms with Gasteiger partial charge in [-0.15, -0.1) is 0 Å². The molecule has 0 amide bonds. The van der Waals surface area contributed by atoms with Crippen molar-refractivity contribution in [1.82, 2.24) is 0 Å². The zero-order valence-electron chi connectivity index (χ0n) is 14.1. The molecule has 4 rings (SSSR count). The molecule has 1 N–H and O–H groups in total. The zero-order valence-corrected chi connectivity index (χ0v) is 14.1. The summed E-state index contributed by atoms with van der Waals surface area (Å²) in [5.41, 5.74) is 3.36. The third-order valence-electron chi connectivity index (χ3n) is 5.33. The van der Waals surface area contributed by atoms with Crippen LogP contribution in [0.15, 0.2) is 60.7 Å². The highest BCUT2D eigenvalue weighted by atomic mass is 16.5. The van der Waals surface area contributed by atoms with Gasteiger partial charge in [0.15, 0.2) is 0 Å². The molecule has 3 nitrogen and oxygen atoms in total. The number of fused-ring (bicyclic) bond motifs is 2. The van der Waals surface area contributed by atoms with E-state index in [9.17, 15) is 9.90 Å². The topological polar surface area (TPSA) is 46.5 Å². The minimum absolute atomic E-state index is 0.0509. The normalized spacial score (nSPS) is 23.8. The highest BCUT2D eigenvalue weighted by molar-refractivity contribution is 5.74. The summed E-state index contributed by atoms with van der Waals surface area (Å²) in [6.07, 6.45) is 7.30. The first-order chi connectivity index (χ1) is 12.2. The van der Waals surface area contributed by atoms with Gasteiger partial charge in [0, 0.05) is 0 Å². The lowest BCUT2D eigenvalue weighted by molar-refractivity contribution is -0.150. The van der Waals surface area contributed by atoms with Crippen LogP contribution in [-0.4, -0.2) is 11.1 Å². The molecule has 3 unspecified atom stereocenters. The van der Waals surface area contributed by atoms with Crippen molar-refractivity contribution in [2.24, 2.45) is 17.8 Å². The quantitative estimate of drug-likeness (QED) is 0.657. The maximum absolute atomic E-state index is 12.3. The molecule has 2 aromatic rings. The smallest absolute Gasteiger partial charge is 0.309 e. The number of esters is 1. The van der Waals surface area contributed by atoms with Gasteiger partial charge in [-0.2, -0.15) is 0 Å². The number of hydrogen-bond acceptors (Lipinski definition) is 3. The van der Waals surface area contributed by atoms with Crippen LogP contribution in [0.2, 0.25) is 0 Å². The van der Waals surface area contributed by atoms with E-state index in [-0.39, 0.29) is 17.6 Å². The Morgan fingerprint density at radius 2 is 1.56 bits per heavy atom. The van der Waals surface area contributed by atoms with Gasteiger partial charge >= 0.3 is 5.97 Å². The molecule has 2 aliphatic rings. The third-order valence-corrected chi connectivity index (χ3v) is 5.33. The molecule has 3 atom stereocenters. The predicted molar refractivity (Wildman–Crippen MR) is 96.0 cm³/mol. The Balaban J connectivity index is 1.30. The van der Waals surface area contributed by atoms with Gasteiger partial charge in [0.1, 0.15) is 12.4 Å². The number of carbonyl (C=O) groups excluding carboxylic acids is 1. The van der Waals surface area contributed by atoms with Crippen LogP contribution in [0, 0.1) is 17.8 Å². The fraction of sp³-hybridized carbons (Fsp3) is 0.318. The van der Waals surface area contributed by atoms with Crippen LogP contribution in [0.25, 0.3) is 0 Å². The summed E-state index contributed by atoms with van der Waals surface area (Å²) in [6, 6.07) is 15.4. The highest BCUT2D eigenvalue weighted by Crippen LogP contribution is 2.43. The van der Waals surface area contributed by atoms with Crippen molar-refractivity contribution in [3.05, 3.63) is 77.4 Å². The number of ether oxygens (including phenoxy) is 1. The summed E-state index contributed by atoms with van der Waals surface area (Å²) in [5, 5.41) is 9.33. The number of hydrogen-bond donors (Lipinski definition) is 1. The minimum atomic E-state index is -0.0509. The van der Waals surface area contributed by atoms with E-state index in [4.69, 9.17) is 4.74 Å². The van der Waals surface area contributed by atoms with E-state index in [1.54, 1.807) is 12.1 Å². The van der Waals surface area contributed by atoms with Gasteiger partial charge in [-0.05, 0) is 59.9 Å². The van der Waals surface area contributed by atoms with Crippen molar-refractivity contribution in [3.63, 3.8) is 0 Å². The molecule has 2 aliphatic carbocycles. The molecule has 2 aromatic carbocycles. The lowest BCUT2D eigenvalue weighted by atomic mass is 9.94. The van der Waals surface area contributed by atoms with Gasteiger partial charge < -0.3 is 9.84 Å². The number of allylic oxidation sites excluding steroid dienone is 2. The van der Waals surface area contributed by atoms with Crippen molar-refractivity contribution in [2.45, 2.75) is 25.9 Å². The monoisotopic (exact) mass is 334 g/mol. The molecule has 0 saturated heterocycles. The fourth-order valence-corrected chi connectivity index (χ4v) is 3.92. The van der Waals surface area contributed by atoms with E-state index in [1.807, 2.05) is 24.3 Å². The van der Waals surface area contributed by atoms with Gasteiger partial charge in [0.05, 0.1) is 5.92 Å². The molecule has 0 heterocycles. The van der Waals surface area contributed by atoms with Gasteiger partial charge in [0.25, 0.3) is 0 Å². The Kier molecular flexibility index (Phi) is 4.31. The second-order valence-corrected chi connectivity index (χ2v) is 7.15. The number of rotatable bonds is 5. The van der Waals surface area contributed by atoms with Crippen LogP contribution in [0.4, 0.5) is 0 Å². The predicted octanol–water partition coefficient (Wildman–Crippen LogP) is 4.24. The van der Waals surface area contributed by atoms with Crippen LogP contribution in [0.1, 0.15) is 29.5 Å². The van der Waals surface area contributed by atoms with Crippen molar-refractivity contribution in [3.8, 4) is 5.75 Å². The zero-order chi connectivity index (χ0) is 17.2. The van der Waals surface area contributed by atoms with Crippen LogP contribution in [0.5, 0.6) is 5.75 Å². The second-order valence-electron chi connectivity index (χ2n) is 7.15. The number of aromatic hydroxyl groups is 1. The molecule has 1 saturated carbocycles. The maximum atomic E-state index is 12.3. The molecular formula is C22H22O3. The van der Waals surface area contributed by atoms with Crippen LogP contribution < -0.4 is 0 Å². The Hall–Kier alpha value is -2.55. The standard InChI is InChI=1S/C22H22O3/c23-20-9-6-16(7-10-20)11-15-1-3-17(4-2-15)14-25-22(24)21-13-18-5-8-19(21)12-18/h1-10,18-19,21,23H,11-14H2. The first-order valence-corrected chi connectivity index (χ1v) is 8.88.